The Kier molecular flexibility index (Phi) is 6.15. The van der Waals surface area contributed by atoms with Gasteiger partial charge in [0.2, 0.25) is 21.7 Å². The van der Waals surface area contributed by atoms with Crippen molar-refractivity contribution in [1.82, 2.24) is 14.4 Å². The molecule has 0 aliphatic heterocycles. The van der Waals surface area contributed by atoms with E-state index in [-0.39, 0.29) is 17.3 Å². The van der Waals surface area contributed by atoms with Crippen LogP contribution in [0.3, 0.4) is 0 Å². The molecule has 7 heteroatoms. The smallest absolute Gasteiger partial charge is 0.244 e. The van der Waals surface area contributed by atoms with Crippen LogP contribution >= 0.6 is 0 Å². The summed E-state index contributed by atoms with van der Waals surface area (Å²) in [6.07, 6.45) is 0. The van der Waals surface area contributed by atoms with Crippen molar-refractivity contribution >= 4 is 10.0 Å². The fraction of sp³-hybridized carbons (Fsp3) is 0.391. The zero-order valence-electron chi connectivity index (χ0n) is 18.4. The van der Waals surface area contributed by atoms with Crippen molar-refractivity contribution in [2.24, 2.45) is 0 Å². The van der Waals surface area contributed by atoms with Gasteiger partial charge in [-0.05, 0) is 57.4 Å². The number of sulfonamides is 1. The molecule has 0 fully saturated rings. The second-order valence-corrected chi connectivity index (χ2v) is 10.6. The van der Waals surface area contributed by atoms with Crippen LogP contribution in [0.15, 0.2) is 57.9 Å². The van der Waals surface area contributed by atoms with E-state index in [4.69, 9.17) is 4.52 Å². The summed E-state index contributed by atoms with van der Waals surface area (Å²) in [6, 6.07) is 14.8. The Labute approximate surface area is 179 Å². The van der Waals surface area contributed by atoms with Crippen LogP contribution in [0.25, 0.3) is 11.4 Å². The molecule has 0 saturated heterocycles. The molecule has 0 saturated carbocycles. The van der Waals surface area contributed by atoms with Crippen molar-refractivity contribution in [3.8, 4) is 11.4 Å². The molecule has 3 rings (SSSR count). The number of aryl methyl sites for hydroxylation is 1. The van der Waals surface area contributed by atoms with E-state index in [1.54, 1.807) is 12.1 Å². The summed E-state index contributed by atoms with van der Waals surface area (Å²) in [5.74, 6) is 1.03. The Morgan fingerprint density at radius 3 is 2.30 bits per heavy atom. The Morgan fingerprint density at radius 2 is 1.73 bits per heavy atom. The van der Waals surface area contributed by atoms with E-state index >= 15 is 0 Å². The highest BCUT2D eigenvalue weighted by Crippen LogP contribution is 2.28. The predicted octanol–water partition coefficient (Wildman–Crippen LogP) is 5.16. The highest BCUT2D eigenvalue weighted by Gasteiger charge is 2.35. The lowest BCUT2D eigenvalue weighted by Gasteiger charge is -2.33. The van der Waals surface area contributed by atoms with Gasteiger partial charge in [0.1, 0.15) is 0 Å². The molecule has 1 aromatic heterocycles. The number of rotatable bonds is 6. The molecule has 0 atom stereocenters. The molecular weight excluding hydrogens is 398 g/mol. The molecule has 0 N–H and O–H groups in total. The Balaban J connectivity index is 1.92. The number of hydrogen-bond acceptors (Lipinski definition) is 5. The van der Waals surface area contributed by atoms with E-state index in [0.29, 0.717) is 11.7 Å². The quantitative estimate of drug-likeness (QED) is 0.543. The first-order valence-electron chi connectivity index (χ1n) is 10.0. The average molecular weight is 428 g/mol. The minimum absolute atomic E-state index is 0.00339. The molecule has 0 unspecified atom stereocenters. The van der Waals surface area contributed by atoms with Crippen LogP contribution in [0.2, 0.25) is 0 Å². The second-order valence-electron chi connectivity index (χ2n) is 8.79. The fourth-order valence-corrected chi connectivity index (χ4v) is 4.91. The zero-order chi connectivity index (χ0) is 22.1. The summed E-state index contributed by atoms with van der Waals surface area (Å²) < 4.78 is 33.6. The van der Waals surface area contributed by atoms with E-state index in [1.807, 2.05) is 64.1 Å². The third-order valence-corrected chi connectivity index (χ3v) is 7.03. The van der Waals surface area contributed by atoms with Crippen LogP contribution in [-0.2, 0) is 16.6 Å². The van der Waals surface area contributed by atoms with Gasteiger partial charge >= 0.3 is 0 Å². The summed E-state index contributed by atoms with van der Waals surface area (Å²) in [5.41, 5.74) is 2.34. The van der Waals surface area contributed by atoms with Crippen LogP contribution in [0.5, 0.6) is 0 Å². The van der Waals surface area contributed by atoms with Gasteiger partial charge in [-0.2, -0.15) is 9.29 Å². The minimum Gasteiger partial charge on any atom is -0.338 e. The number of benzene rings is 2. The molecule has 0 aliphatic carbocycles. The Morgan fingerprint density at radius 1 is 1.07 bits per heavy atom. The molecule has 3 aromatic rings. The molecule has 1 heterocycles. The summed E-state index contributed by atoms with van der Waals surface area (Å²) in [7, 11) is -3.76. The molecular formula is C23H29N3O3S. The van der Waals surface area contributed by atoms with Gasteiger partial charge in [0.05, 0.1) is 11.4 Å². The Bertz CT molecular complexity index is 1110. The maximum atomic E-state index is 13.4. The number of hydrogen-bond donors (Lipinski definition) is 0. The van der Waals surface area contributed by atoms with E-state index in [9.17, 15) is 8.42 Å². The molecule has 0 radical (unpaired) electrons. The first kappa shape index (κ1) is 22.2. The van der Waals surface area contributed by atoms with E-state index in [2.05, 4.69) is 24.0 Å². The summed E-state index contributed by atoms with van der Waals surface area (Å²) in [5, 5.41) is 4.04. The van der Waals surface area contributed by atoms with Crippen LogP contribution in [0, 0.1) is 6.92 Å². The van der Waals surface area contributed by atoms with Crippen LogP contribution in [0.4, 0.5) is 0 Å². The van der Waals surface area contributed by atoms with Crippen molar-refractivity contribution in [2.75, 3.05) is 0 Å². The lowest BCUT2D eigenvalue weighted by atomic mass is 10.0. The average Bonchev–Trinajstić information content (AvgIpc) is 3.14. The third kappa shape index (κ3) is 4.79. The SMILES string of the molecule is Cc1cccc(-c2noc(CN(C(C)(C)C)S(=O)(=O)c3ccc(C(C)C)cc3)n2)c1. The van der Waals surface area contributed by atoms with Gasteiger partial charge in [-0.3, -0.25) is 0 Å². The number of nitrogens with zero attached hydrogens (tertiary/aromatic N) is 3. The summed E-state index contributed by atoms with van der Waals surface area (Å²) in [6.45, 7) is 11.7. The van der Waals surface area contributed by atoms with Crippen LogP contribution in [0.1, 0.15) is 57.6 Å². The van der Waals surface area contributed by atoms with Crippen molar-refractivity contribution in [3.05, 3.63) is 65.5 Å². The van der Waals surface area contributed by atoms with Crippen LogP contribution < -0.4 is 0 Å². The van der Waals surface area contributed by atoms with Gasteiger partial charge in [0.25, 0.3) is 0 Å². The zero-order valence-corrected chi connectivity index (χ0v) is 19.2. The molecule has 6 nitrogen and oxygen atoms in total. The van der Waals surface area contributed by atoms with E-state index in [0.717, 1.165) is 16.7 Å². The summed E-state index contributed by atoms with van der Waals surface area (Å²) >= 11 is 0. The van der Waals surface area contributed by atoms with Crippen LogP contribution in [-0.4, -0.2) is 28.4 Å². The standard InChI is InChI=1S/C23H29N3O3S/c1-16(2)18-10-12-20(13-11-18)30(27,28)26(23(4,5)6)15-21-24-22(25-29-21)19-9-7-8-17(3)14-19/h7-14,16H,15H2,1-6H3. The number of aromatic nitrogens is 2. The summed E-state index contributed by atoms with van der Waals surface area (Å²) in [4.78, 5) is 4.69. The highest BCUT2D eigenvalue weighted by atomic mass is 32.2. The van der Waals surface area contributed by atoms with Gasteiger partial charge in [-0.15, -0.1) is 0 Å². The van der Waals surface area contributed by atoms with Crippen molar-refractivity contribution in [1.29, 1.82) is 0 Å². The molecule has 0 bridgehead atoms. The molecule has 0 spiro atoms. The predicted molar refractivity (Wildman–Crippen MR) is 117 cm³/mol. The maximum Gasteiger partial charge on any atom is 0.244 e. The normalized spacial score (nSPS) is 12.7. The second kappa shape index (κ2) is 8.32. The lowest BCUT2D eigenvalue weighted by Crippen LogP contribution is -2.45. The van der Waals surface area contributed by atoms with E-state index < -0.39 is 15.6 Å². The Hall–Kier alpha value is -2.51. The lowest BCUT2D eigenvalue weighted by molar-refractivity contribution is 0.214. The van der Waals surface area contributed by atoms with Crippen molar-refractivity contribution < 1.29 is 12.9 Å². The first-order chi connectivity index (χ1) is 14.0. The first-order valence-corrected chi connectivity index (χ1v) is 11.4. The maximum absolute atomic E-state index is 13.4. The largest absolute Gasteiger partial charge is 0.338 e. The van der Waals surface area contributed by atoms with Crippen molar-refractivity contribution in [3.63, 3.8) is 0 Å². The molecule has 0 amide bonds. The van der Waals surface area contributed by atoms with Gasteiger partial charge < -0.3 is 4.52 Å². The monoisotopic (exact) mass is 427 g/mol. The minimum atomic E-state index is -3.76. The van der Waals surface area contributed by atoms with Crippen molar-refractivity contribution in [2.45, 2.75) is 64.4 Å². The third-order valence-electron chi connectivity index (χ3n) is 4.91. The topological polar surface area (TPSA) is 76.3 Å². The fourth-order valence-electron chi connectivity index (χ4n) is 3.18. The highest BCUT2D eigenvalue weighted by molar-refractivity contribution is 7.89. The van der Waals surface area contributed by atoms with E-state index in [1.165, 1.54) is 4.31 Å². The molecule has 30 heavy (non-hydrogen) atoms. The van der Waals surface area contributed by atoms with Gasteiger partial charge in [-0.1, -0.05) is 54.9 Å². The molecule has 0 aliphatic rings. The van der Waals surface area contributed by atoms with Gasteiger partial charge in [-0.25, -0.2) is 8.42 Å². The van der Waals surface area contributed by atoms with Gasteiger partial charge in [0, 0.05) is 11.1 Å². The molecule has 160 valence electrons. The molecule has 2 aromatic carbocycles. The van der Waals surface area contributed by atoms with Gasteiger partial charge in [0.15, 0.2) is 0 Å².